The Morgan fingerprint density at radius 1 is 1.44 bits per heavy atom. The van der Waals surface area contributed by atoms with Crippen molar-refractivity contribution in [3.05, 3.63) is 11.8 Å². The summed E-state index contributed by atoms with van der Waals surface area (Å²) >= 11 is 0. The van der Waals surface area contributed by atoms with E-state index in [1.54, 1.807) is 0 Å². The number of hydrogen-bond acceptors (Lipinski definition) is 5. The highest BCUT2D eigenvalue weighted by Gasteiger charge is 2.34. The average molecular weight is 251 g/mol. The van der Waals surface area contributed by atoms with E-state index in [1.165, 1.54) is 0 Å². The molecule has 100 valence electrons. The van der Waals surface area contributed by atoms with Crippen LogP contribution >= 0.6 is 0 Å². The van der Waals surface area contributed by atoms with E-state index >= 15 is 0 Å². The molecule has 2 rings (SSSR count). The molecular formula is C13H21N3O2. The van der Waals surface area contributed by atoms with Crippen LogP contribution in [0.3, 0.4) is 0 Å². The maximum atomic E-state index is 10.0. The highest BCUT2D eigenvalue weighted by Crippen LogP contribution is 2.31. The molecule has 0 bridgehead atoms. The standard InChI is InChI=1S/C13H21N3O2/c1-9(2)18-11-7-10(3)15-12(16-11)14-8-13(17)5-4-6-13/h7,9,17H,4-6,8H2,1-3H3,(H,14,15,16). The van der Waals surface area contributed by atoms with Gasteiger partial charge in [-0.05, 0) is 40.0 Å². The van der Waals surface area contributed by atoms with Crippen LogP contribution in [-0.2, 0) is 0 Å². The van der Waals surface area contributed by atoms with Gasteiger partial charge in [0, 0.05) is 18.3 Å². The molecule has 2 N–H and O–H groups in total. The summed E-state index contributed by atoms with van der Waals surface area (Å²) in [5.41, 5.74) is 0.273. The lowest BCUT2D eigenvalue weighted by Gasteiger charge is -2.36. The number of aryl methyl sites for hydroxylation is 1. The number of anilines is 1. The fraction of sp³-hybridized carbons (Fsp3) is 0.692. The molecule has 1 aliphatic rings. The summed E-state index contributed by atoms with van der Waals surface area (Å²) in [5.74, 6) is 1.09. The Morgan fingerprint density at radius 3 is 2.72 bits per heavy atom. The second-order valence-corrected chi connectivity index (χ2v) is 5.27. The van der Waals surface area contributed by atoms with Crippen molar-refractivity contribution in [2.75, 3.05) is 11.9 Å². The predicted molar refractivity (Wildman–Crippen MR) is 69.8 cm³/mol. The molecule has 18 heavy (non-hydrogen) atoms. The normalized spacial score (nSPS) is 17.4. The smallest absolute Gasteiger partial charge is 0.226 e. The van der Waals surface area contributed by atoms with Gasteiger partial charge >= 0.3 is 0 Å². The summed E-state index contributed by atoms with van der Waals surface area (Å²) in [6.07, 6.45) is 2.87. The van der Waals surface area contributed by atoms with E-state index in [1.807, 2.05) is 26.8 Å². The van der Waals surface area contributed by atoms with Gasteiger partial charge in [0.1, 0.15) is 0 Å². The van der Waals surface area contributed by atoms with Crippen molar-refractivity contribution in [2.24, 2.45) is 0 Å². The molecule has 1 aromatic heterocycles. The molecule has 0 saturated heterocycles. The Kier molecular flexibility index (Phi) is 3.71. The number of hydrogen-bond donors (Lipinski definition) is 2. The molecule has 1 saturated carbocycles. The Balaban J connectivity index is 2.00. The maximum Gasteiger partial charge on any atom is 0.226 e. The van der Waals surface area contributed by atoms with Gasteiger partial charge in [-0.2, -0.15) is 4.98 Å². The van der Waals surface area contributed by atoms with Gasteiger partial charge < -0.3 is 15.2 Å². The molecule has 0 aromatic carbocycles. The number of nitrogens with one attached hydrogen (secondary N) is 1. The number of nitrogens with zero attached hydrogens (tertiary/aromatic N) is 2. The molecule has 0 radical (unpaired) electrons. The highest BCUT2D eigenvalue weighted by atomic mass is 16.5. The summed E-state index contributed by atoms with van der Waals surface area (Å²) < 4.78 is 5.55. The summed E-state index contributed by atoms with van der Waals surface area (Å²) in [4.78, 5) is 8.57. The lowest BCUT2D eigenvalue weighted by atomic mass is 9.80. The predicted octanol–water partition coefficient (Wildman–Crippen LogP) is 1.90. The highest BCUT2D eigenvalue weighted by molar-refractivity contribution is 5.31. The summed E-state index contributed by atoms with van der Waals surface area (Å²) in [6, 6.07) is 1.81. The minimum Gasteiger partial charge on any atom is -0.475 e. The quantitative estimate of drug-likeness (QED) is 0.836. The fourth-order valence-electron chi connectivity index (χ4n) is 1.93. The second kappa shape index (κ2) is 5.10. The molecule has 0 spiro atoms. The van der Waals surface area contributed by atoms with Crippen LogP contribution < -0.4 is 10.1 Å². The van der Waals surface area contributed by atoms with E-state index < -0.39 is 5.60 Å². The van der Waals surface area contributed by atoms with Gasteiger partial charge in [0.2, 0.25) is 11.8 Å². The minimum absolute atomic E-state index is 0.0861. The molecule has 5 nitrogen and oxygen atoms in total. The summed E-state index contributed by atoms with van der Waals surface area (Å²) in [5, 5.41) is 13.1. The van der Waals surface area contributed by atoms with E-state index in [4.69, 9.17) is 4.74 Å². The molecule has 0 aliphatic heterocycles. The van der Waals surface area contributed by atoms with Gasteiger partial charge in [0.15, 0.2) is 0 Å². The number of aromatic nitrogens is 2. The van der Waals surface area contributed by atoms with Crippen LogP contribution in [0.15, 0.2) is 6.07 Å². The summed E-state index contributed by atoms with van der Waals surface area (Å²) in [6.45, 7) is 6.32. The van der Waals surface area contributed by atoms with Gasteiger partial charge in [0.05, 0.1) is 11.7 Å². The first-order chi connectivity index (χ1) is 8.47. The molecule has 1 fully saturated rings. The maximum absolute atomic E-state index is 10.0. The van der Waals surface area contributed by atoms with E-state index in [-0.39, 0.29) is 6.10 Å². The first kappa shape index (κ1) is 13.1. The molecule has 0 atom stereocenters. The Bertz CT molecular complexity index is 417. The van der Waals surface area contributed by atoms with Crippen LogP contribution in [0.4, 0.5) is 5.95 Å². The third-order valence-corrected chi connectivity index (χ3v) is 3.05. The topological polar surface area (TPSA) is 67.3 Å². The SMILES string of the molecule is Cc1cc(OC(C)C)nc(NCC2(O)CCC2)n1. The lowest BCUT2D eigenvalue weighted by Crippen LogP contribution is -2.43. The van der Waals surface area contributed by atoms with Crippen molar-refractivity contribution in [1.29, 1.82) is 0 Å². The largest absolute Gasteiger partial charge is 0.475 e. The van der Waals surface area contributed by atoms with E-state index in [2.05, 4.69) is 15.3 Å². The van der Waals surface area contributed by atoms with Crippen molar-refractivity contribution in [3.63, 3.8) is 0 Å². The van der Waals surface area contributed by atoms with Crippen molar-refractivity contribution < 1.29 is 9.84 Å². The Labute approximate surface area is 108 Å². The van der Waals surface area contributed by atoms with Gasteiger partial charge in [-0.15, -0.1) is 0 Å². The lowest BCUT2D eigenvalue weighted by molar-refractivity contribution is -0.0203. The molecule has 1 aliphatic carbocycles. The zero-order valence-corrected chi connectivity index (χ0v) is 11.2. The number of ether oxygens (including phenoxy) is 1. The third-order valence-electron chi connectivity index (χ3n) is 3.05. The van der Waals surface area contributed by atoms with E-state index in [0.717, 1.165) is 25.0 Å². The van der Waals surface area contributed by atoms with Crippen LogP contribution in [0.2, 0.25) is 0 Å². The Hall–Kier alpha value is -1.36. The van der Waals surface area contributed by atoms with Crippen molar-refractivity contribution in [2.45, 2.75) is 51.7 Å². The minimum atomic E-state index is -0.577. The number of rotatable bonds is 5. The Morgan fingerprint density at radius 2 is 2.17 bits per heavy atom. The van der Waals surface area contributed by atoms with Crippen LogP contribution in [0, 0.1) is 6.92 Å². The molecule has 1 aromatic rings. The van der Waals surface area contributed by atoms with Crippen molar-refractivity contribution in [3.8, 4) is 5.88 Å². The van der Waals surface area contributed by atoms with Crippen molar-refractivity contribution in [1.82, 2.24) is 9.97 Å². The third kappa shape index (κ3) is 3.32. The van der Waals surface area contributed by atoms with Crippen LogP contribution in [-0.4, -0.2) is 33.3 Å². The zero-order chi connectivity index (χ0) is 13.2. The first-order valence-electron chi connectivity index (χ1n) is 6.45. The number of aliphatic hydroxyl groups is 1. The van der Waals surface area contributed by atoms with E-state index in [9.17, 15) is 5.11 Å². The van der Waals surface area contributed by atoms with Crippen LogP contribution in [0.25, 0.3) is 0 Å². The average Bonchev–Trinajstić information content (AvgIpc) is 2.22. The van der Waals surface area contributed by atoms with Crippen LogP contribution in [0.5, 0.6) is 5.88 Å². The molecule has 0 amide bonds. The van der Waals surface area contributed by atoms with Gasteiger partial charge in [-0.25, -0.2) is 4.98 Å². The fourth-order valence-corrected chi connectivity index (χ4v) is 1.93. The van der Waals surface area contributed by atoms with Crippen molar-refractivity contribution >= 4 is 5.95 Å². The molecule has 0 unspecified atom stereocenters. The van der Waals surface area contributed by atoms with Gasteiger partial charge in [-0.1, -0.05) is 0 Å². The van der Waals surface area contributed by atoms with E-state index in [0.29, 0.717) is 18.4 Å². The monoisotopic (exact) mass is 251 g/mol. The zero-order valence-electron chi connectivity index (χ0n) is 11.2. The molecule has 5 heteroatoms. The molecule has 1 heterocycles. The first-order valence-corrected chi connectivity index (χ1v) is 6.45. The van der Waals surface area contributed by atoms with Gasteiger partial charge in [0.25, 0.3) is 0 Å². The molecular weight excluding hydrogens is 230 g/mol. The van der Waals surface area contributed by atoms with Gasteiger partial charge in [-0.3, -0.25) is 0 Å². The second-order valence-electron chi connectivity index (χ2n) is 5.27. The summed E-state index contributed by atoms with van der Waals surface area (Å²) in [7, 11) is 0. The van der Waals surface area contributed by atoms with Crippen LogP contribution in [0.1, 0.15) is 38.8 Å².